The van der Waals surface area contributed by atoms with Gasteiger partial charge in [0.1, 0.15) is 11.3 Å². The number of aryl methyl sites for hydroxylation is 1. The van der Waals surface area contributed by atoms with Crippen molar-refractivity contribution in [1.29, 1.82) is 0 Å². The summed E-state index contributed by atoms with van der Waals surface area (Å²) in [7, 11) is 0. The van der Waals surface area contributed by atoms with Crippen LogP contribution in [-0.4, -0.2) is 22.4 Å². The average molecular weight is 369 g/mol. The molecule has 3 heterocycles. The Balaban J connectivity index is 1.66. The molecule has 7 heteroatoms. The first-order valence-electron chi connectivity index (χ1n) is 7.82. The Kier molecular flexibility index (Phi) is 4.10. The molecule has 126 valence electrons. The quantitative estimate of drug-likeness (QED) is 0.530. The number of nitrogens with two attached hydrogens (primary N) is 1. The van der Waals surface area contributed by atoms with Gasteiger partial charge in [-0.3, -0.25) is 4.79 Å². The Morgan fingerprint density at radius 2 is 2.16 bits per heavy atom. The molecule has 0 spiro atoms. The third-order valence-corrected chi connectivity index (χ3v) is 5.80. The number of nitrogens with zero attached hydrogens (tertiary/aromatic N) is 2. The lowest BCUT2D eigenvalue weighted by molar-refractivity contribution is 0.0922. The van der Waals surface area contributed by atoms with E-state index in [-0.39, 0.29) is 12.4 Å². The van der Waals surface area contributed by atoms with Gasteiger partial charge in [0.05, 0.1) is 15.2 Å². The zero-order valence-electron chi connectivity index (χ0n) is 13.5. The number of fused-ring (bicyclic) bond motifs is 3. The van der Waals surface area contributed by atoms with Crippen LogP contribution in [0.4, 0.5) is 5.82 Å². The molecule has 3 aromatic heterocycles. The number of nitrogen functional groups attached to an aromatic ring is 1. The smallest absolute Gasteiger partial charge is 0.201 e. The summed E-state index contributed by atoms with van der Waals surface area (Å²) < 4.78 is 6.68. The van der Waals surface area contributed by atoms with Crippen LogP contribution in [0.3, 0.4) is 0 Å². The summed E-state index contributed by atoms with van der Waals surface area (Å²) in [5, 5.41) is 5.73. The molecular formula is C18H15N3O2S2. The number of ether oxygens (including phenoxy) is 1. The van der Waals surface area contributed by atoms with Crippen molar-refractivity contribution in [3.8, 4) is 5.75 Å². The maximum Gasteiger partial charge on any atom is 0.201 e. The number of Topliss-reactive ketones (excluding diaryl/α,β-unsaturated/α-hetero) is 1. The maximum absolute atomic E-state index is 12.0. The number of hydrogen-bond acceptors (Lipinski definition) is 7. The fourth-order valence-corrected chi connectivity index (χ4v) is 4.30. The molecule has 0 unspecified atom stereocenters. The lowest BCUT2D eigenvalue weighted by Gasteiger charge is -2.07. The zero-order valence-corrected chi connectivity index (χ0v) is 15.1. The first kappa shape index (κ1) is 16.0. The van der Waals surface area contributed by atoms with Gasteiger partial charge >= 0.3 is 0 Å². The second-order valence-corrected chi connectivity index (χ2v) is 7.40. The number of ketones is 1. The molecule has 0 aliphatic heterocycles. The number of pyridine rings is 1. The van der Waals surface area contributed by atoms with E-state index < -0.39 is 0 Å². The van der Waals surface area contributed by atoms with E-state index >= 15 is 0 Å². The number of hydrogen-bond donors (Lipinski definition) is 1. The van der Waals surface area contributed by atoms with E-state index in [1.807, 2.05) is 29.0 Å². The van der Waals surface area contributed by atoms with Crippen molar-refractivity contribution < 1.29 is 9.53 Å². The minimum Gasteiger partial charge on any atom is -0.485 e. The predicted octanol–water partition coefficient (Wildman–Crippen LogP) is 4.31. The summed E-state index contributed by atoms with van der Waals surface area (Å²) in [6, 6.07) is 7.42. The Morgan fingerprint density at radius 3 is 2.92 bits per heavy atom. The van der Waals surface area contributed by atoms with E-state index in [0.29, 0.717) is 17.1 Å². The van der Waals surface area contributed by atoms with Crippen LogP contribution < -0.4 is 10.5 Å². The standard InChI is InChI=1S/C18H15N3O2S2/c1-2-15-21-16-17(25-15)12-4-3-11(7-13(12)20-18(16)19)23-8-14(22)10-5-6-24-9-10/h3-7,9H,2,8H2,1H3,(H2,19,20). The lowest BCUT2D eigenvalue weighted by Crippen LogP contribution is -2.10. The summed E-state index contributed by atoms with van der Waals surface area (Å²) in [6.07, 6.45) is 0.867. The lowest BCUT2D eigenvalue weighted by atomic mass is 10.2. The van der Waals surface area contributed by atoms with Crippen molar-refractivity contribution in [2.24, 2.45) is 0 Å². The average Bonchev–Trinajstić information content (AvgIpc) is 3.29. The highest BCUT2D eigenvalue weighted by atomic mass is 32.1. The second-order valence-electron chi connectivity index (χ2n) is 5.54. The molecule has 25 heavy (non-hydrogen) atoms. The van der Waals surface area contributed by atoms with Gasteiger partial charge in [0.15, 0.2) is 12.4 Å². The maximum atomic E-state index is 12.0. The van der Waals surface area contributed by atoms with E-state index in [0.717, 1.165) is 32.5 Å². The van der Waals surface area contributed by atoms with Crippen molar-refractivity contribution in [2.45, 2.75) is 13.3 Å². The van der Waals surface area contributed by atoms with E-state index in [4.69, 9.17) is 10.5 Å². The highest BCUT2D eigenvalue weighted by Gasteiger charge is 2.13. The number of thiophene rings is 1. The van der Waals surface area contributed by atoms with Crippen LogP contribution in [0.25, 0.3) is 21.1 Å². The summed E-state index contributed by atoms with van der Waals surface area (Å²) in [5.41, 5.74) is 8.25. The van der Waals surface area contributed by atoms with Crippen LogP contribution in [-0.2, 0) is 6.42 Å². The Hall–Kier alpha value is -2.51. The van der Waals surface area contributed by atoms with Gasteiger partial charge in [-0.1, -0.05) is 6.92 Å². The van der Waals surface area contributed by atoms with Crippen molar-refractivity contribution >= 4 is 55.4 Å². The van der Waals surface area contributed by atoms with Gasteiger partial charge in [-0.05, 0) is 30.0 Å². The van der Waals surface area contributed by atoms with Gasteiger partial charge in [-0.15, -0.1) is 11.3 Å². The van der Waals surface area contributed by atoms with Crippen LogP contribution in [0.15, 0.2) is 35.0 Å². The monoisotopic (exact) mass is 369 g/mol. The molecule has 0 saturated carbocycles. The molecule has 2 N–H and O–H groups in total. The van der Waals surface area contributed by atoms with Gasteiger partial charge in [0.25, 0.3) is 0 Å². The number of thiazole rings is 1. The van der Waals surface area contributed by atoms with Gasteiger partial charge in [0.2, 0.25) is 5.78 Å². The van der Waals surface area contributed by atoms with Crippen LogP contribution in [0, 0.1) is 0 Å². The molecule has 0 atom stereocenters. The molecule has 0 fully saturated rings. The summed E-state index contributed by atoms with van der Waals surface area (Å²) >= 11 is 3.13. The summed E-state index contributed by atoms with van der Waals surface area (Å²) in [6.45, 7) is 2.07. The predicted molar refractivity (Wildman–Crippen MR) is 103 cm³/mol. The molecule has 0 bridgehead atoms. The van der Waals surface area contributed by atoms with Gasteiger partial charge in [0, 0.05) is 22.4 Å². The molecule has 0 amide bonds. The highest BCUT2D eigenvalue weighted by Crippen LogP contribution is 2.34. The summed E-state index contributed by atoms with van der Waals surface area (Å²) in [5.74, 6) is 0.979. The number of carbonyl (C=O) groups is 1. The van der Waals surface area contributed by atoms with Crippen molar-refractivity contribution in [2.75, 3.05) is 12.3 Å². The van der Waals surface area contributed by atoms with E-state index in [9.17, 15) is 4.79 Å². The van der Waals surface area contributed by atoms with Crippen LogP contribution in [0.1, 0.15) is 22.3 Å². The topological polar surface area (TPSA) is 78.1 Å². The van der Waals surface area contributed by atoms with Gasteiger partial charge < -0.3 is 10.5 Å². The SMILES string of the molecule is CCc1nc2c(N)nc3cc(OCC(=O)c4ccsc4)ccc3c2s1. The van der Waals surface area contributed by atoms with E-state index in [2.05, 4.69) is 16.9 Å². The molecule has 4 rings (SSSR count). The Labute approximate surface area is 152 Å². The number of benzene rings is 1. The molecule has 5 nitrogen and oxygen atoms in total. The fourth-order valence-electron chi connectivity index (χ4n) is 2.60. The Morgan fingerprint density at radius 1 is 1.28 bits per heavy atom. The third-order valence-electron chi connectivity index (χ3n) is 3.88. The molecule has 0 radical (unpaired) electrons. The summed E-state index contributed by atoms with van der Waals surface area (Å²) in [4.78, 5) is 21.0. The minimum absolute atomic E-state index is 0.000503. The minimum atomic E-state index is -0.0423. The molecule has 0 aliphatic carbocycles. The van der Waals surface area contributed by atoms with Crippen molar-refractivity contribution in [3.05, 3.63) is 45.6 Å². The van der Waals surface area contributed by atoms with Crippen molar-refractivity contribution in [1.82, 2.24) is 9.97 Å². The van der Waals surface area contributed by atoms with Gasteiger partial charge in [-0.2, -0.15) is 11.3 Å². The van der Waals surface area contributed by atoms with E-state index in [1.165, 1.54) is 11.3 Å². The van der Waals surface area contributed by atoms with E-state index in [1.54, 1.807) is 17.4 Å². The first-order chi connectivity index (χ1) is 12.2. The zero-order chi connectivity index (χ0) is 17.4. The van der Waals surface area contributed by atoms with Crippen LogP contribution >= 0.6 is 22.7 Å². The van der Waals surface area contributed by atoms with Crippen LogP contribution in [0.5, 0.6) is 5.75 Å². The number of carbonyl (C=O) groups excluding carboxylic acids is 1. The van der Waals surface area contributed by atoms with Gasteiger partial charge in [-0.25, -0.2) is 9.97 Å². The number of anilines is 1. The number of rotatable bonds is 5. The molecule has 1 aromatic carbocycles. The Bertz CT molecular complexity index is 1070. The second kappa shape index (κ2) is 6.42. The molecule has 4 aromatic rings. The molecule has 0 saturated heterocycles. The normalized spacial score (nSPS) is 11.2. The molecular weight excluding hydrogens is 354 g/mol. The number of aromatic nitrogens is 2. The van der Waals surface area contributed by atoms with Crippen LogP contribution in [0.2, 0.25) is 0 Å². The molecule has 0 aliphatic rings. The first-order valence-corrected chi connectivity index (χ1v) is 9.58. The van der Waals surface area contributed by atoms with Crippen molar-refractivity contribution in [3.63, 3.8) is 0 Å². The third kappa shape index (κ3) is 2.96. The largest absolute Gasteiger partial charge is 0.485 e. The highest BCUT2D eigenvalue weighted by molar-refractivity contribution is 7.19. The fraction of sp³-hybridized carbons (Fsp3) is 0.167.